The Morgan fingerprint density at radius 2 is 2.02 bits per heavy atom. The van der Waals surface area contributed by atoms with E-state index in [9.17, 15) is 27.9 Å². The molecule has 0 amide bonds. The maximum Gasteiger partial charge on any atom is 0.416 e. The summed E-state index contributed by atoms with van der Waals surface area (Å²) in [4.78, 5) is 33.1. The van der Waals surface area contributed by atoms with Gasteiger partial charge in [0.2, 0.25) is 0 Å². The summed E-state index contributed by atoms with van der Waals surface area (Å²) in [6.45, 7) is 1.69. The van der Waals surface area contributed by atoms with Crippen molar-refractivity contribution in [1.29, 1.82) is 0 Å². The van der Waals surface area contributed by atoms with Crippen LogP contribution < -0.4 is 21.5 Å². The Bertz CT molecular complexity index is 1730. The van der Waals surface area contributed by atoms with Gasteiger partial charge in [-0.15, -0.1) is 11.3 Å². The van der Waals surface area contributed by atoms with Crippen LogP contribution in [0.2, 0.25) is 5.02 Å². The van der Waals surface area contributed by atoms with Gasteiger partial charge >= 0.3 is 11.9 Å². The molecule has 8 nitrogen and oxygen atoms in total. The molecule has 0 saturated carbocycles. The average molecular weight is 606 g/mol. The van der Waals surface area contributed by atoms with Gasteiger partial charge in [-0.3, -0.25) is 18.9 Å². The monoisotopic (exact) mass is 605 g/mol. The van der Waals surface area contributed by atoms with E-state index in [1.807, 2.05) is 18.2 Å². The quantitative estimate of drug-likeness (QED) is 0.345. The molecule has 41 heavy (non-hydrogen) atoms. The van der Waals surface area contributed by atoms with Gasteiger partial charge in [-0.05, 0) is 55.6 Å². The Morgan fingerprint density at radius 1 is 1.20 bits per heavy atom. The lowest BCUT2D eigenvalue weighted by Gasteiger charge is -2.38. The Labute approximate surface area is 241 Å². The standard InChI is InChI=1S/C28H27ClF3N5O3S/c29-17-10-16-2-1-8-36(18-3-6-33-13-18)25(16)21(11-17)20-4-7-34-22-12-19(41-26(20)22)14-37-24(39)5-9-35(27(37)40)15-23(38)28(30,31)32/h4-5,7,9-12,18,23,33,38H,1-3,6,8,13-15H2/t18-,23-/m0/s1. The summed E-state index contributed by atoms with van der Waals surface area (Å²) in [5, 5.41) is 13.5. The van der Waals surface area contributed by atoms with Gasteiger partial charge in [-0.1, -0.05) is 11.6 Å². The van der Waals surface area contributed by atoms with Crippen molar-refractivity contribution in [2.75, 3.05) is 24.5 Å². The normalized spacial score (nSPS) is 18.2. The van der Waals surface area contributed by atoms with E-state index in [1.165, 1.54) is 22.6 Å². The number of pyridine rings is 1. The topological polar surface area (TPSA) is 92.4 Å². The number of aliphatic hydroxyl groups excluding tert-OH is 1. The van der Waals surface area contributed by atoms with E-state index >= 15 is 0 Å². The summed E-state index contributed by atoms with van der Waals surface area (Å²) in [6, 6.07) is 9.14. The van der Waals surface area contributed by atoms with Gasteiger partial charge in [0.05, 0.1) is 23.3 Å². The maximum absolute atomic E-state index is 12.9. The number of anilines is 1. The van der Waals surface area contributed by atoms with Gasteiger partial charge in [0.25, 0.3) is 5.56 Å². The Morgan fingerprint density at radius 3 is 2.78 bits per heavy atom. The molecule has 0 radical (unpaired) electrons. The molecule has 13 heteroatoms. The van der Waals surface area contributed by atoms with E-state index < -0.39 is 30.1 Å². The van der Waals surface area contributed by atoms with E-state index in [4.69, 9.17) is 11.6 Å². The van der Waals surface area contributed by atoms with Crippen molar-refractivity contribution in [3.05, 3.63) is 79.0 Å². The number of hydrogen-bond acceptors (Lipinski definition) is 7. The summed E-state index contributed by atoms with van der Waals surface area (Å²) in [5.41, 5.74) is 3.40. The number of halogens is 4. The highest BCUT2D eigenvalue weighted by atomic mass is 35.5. The number of aliphatic hydroxyl groups is 1. The van der Waals surface area contributed by atoms with Crippen molar-refractivity contribution in [3.63, 3.8) is 0 Å². The Kier molecular flexibility index (Phi) is 7.43. The van der Waals surface area contributed by atoms with Crippen LogP contribution in [0.1, 0.15) is 23.3 Å². The van der Waals surface area contributed by atoms with Crippen molar-refractivity contribution < 1.29 is 18.3 Å². The van der Waals surface area contributed by atoms with E-state index in [1.54, 1.807) is 12.3 Å². The molecule has 1 saturated heterocycles. The van der Waals surface area contributed by atoms with Crippen LogP contribution in [0.4, 0.5) is 18.9 Å². The van der Waals surface area contributed by atoms with E-state index in [2.05, 4.69) is 15.2 Å². The third kappa shape index (κ3) is 5.41. The first kappa shape index (κ1) is 28.0. The first-order chi connectivity index (χ1) is 19.6. The molecular formula is C28H27ClF3N5O3S. The smallest absolute Gasteiger partial charge is 0.382 e. The van der Waals surface area contributed by atoms with Crippen molar-refractivity contribution in [2.24, 2.45) is 0 Å². The highest BCUT2D eigenvalue weighted by Gasteiger charge is 2.38. The molecule has 2 atom stereocenters. The minimum absolute atomic E-state index is 0.144. The van der Waals surface area contributed by atoms with Gasteiger partial charge in [-0.2, -0.15) is 13.2 Å². The number of hydrogen-bond donors (Lipinski definition) is 2. The predicted octanol–water partition coefficient (Wildman–Crippen LogP) is 4.03. The lowest BCUT2D eigenvalue weighted by molar-refractivity contribution is -0.207. The second-order valence-electron chi connectivity index (χ2n) is 10.4. The summed E-state index contributed by atoms with van der Waals surface area (Å²) in [7, 11) is 0. The molecule has 6 rings (SSSR count). The van der Waals surface area contributed by atoms with E-state index in [-0.39, 0.29) is 6.54 Å². The van der Waals surface area contributed by atoms with Crippen LogP contribution in [0, 0.1) is 0 Å². The second-order valence-corrected chi connectivity index (χ2v) is 12.0. The van der Waals surface area contributed by atoms with Crippen LogP contribution in [0.25, 0.3) is 21.3 Å². The fraction of sp³-hybridized carbons (Fsp3) is 0.393. The van der Waals surface area contributed by atoms with Crippen LogP contribution >= 0.6 is 22.9 Å². The number of nitrogens with zero attached hydrogens (tertiary/aromatic N) is 4. The number of aryl methyl sites for hydroxylation is 1. The van der Waals surface area contributed by atoms with Gasteiger partial charge < -0.3 is 15.3 Å². The third-order valence-electron chi connectivity index (χ3n) is 7.72. The molecule has 2 aliphatic rings. The highest BCUT2D eigenvalue weighted by molar-refractivity contribution is 7.19. The van der Waals surface area contributed by atoms with Gasteiger partial charge in [0.1, 0.15) is 0 Å². The molecular weight excluding hydrogens is 579 g/mol. The first-order valence-corrected chi connectivity index (χ1v) is 14.5. The molecule has 0 spiro atoms. The molecule has 0 aliphatic carbocycles. The highest BCUT2D eigenvalue weighted by Crippen LogP contribution is 2.44. The third-order valence-corrected chi connectivity index (χ3v) is 9.08. The van der Waals surface area contributed by atoms with Crippen LogP contribution in [-0.4, -0.2) is 57.2 Å². The summed E-state index contributed by atoms with van der Waals surface area (Å²) in [6.07, 6.45) is -1.92. The Balaban J connectivity index is 1.40. The fourth-order valence-corrected chi connectivity index (χ4v) is 7.15. The number of rotatable bonds is 6. The summed E-state index contributed by atoms with van der Waals surface area (Å²) in [5.74, 6) is 0. The summed E-state index contributed by atoms with van der Waals surface area (Å²) < 4.78 is 41.1. The first-order valence-electron chi connectivity index (χ1n) is 13.3. The molecule has 1 aromatic carbocycles. The van der Waals surface area contributed by atoms with Crippen LogP contribution in [0.5, 0.6) is 0 Å². The second kappa shape index (κ2) is 10.9. The minimum atomic E-state index is -4.89. The largest absolute Gasteiger partial charge is 0.416 e. The SMILES string of the molecule is O=c1ccn(C[C@H](O)C(F)(F)F)c(=O)n1Cc1cc2nccc(-c3cc(Cl)cc4c3N([C@H]3CCNC3)CCC4)c2s1. The van der Waals surface area contributed by atoms with E-state index in [0.29, 0.717) is 26.0 Å². The number of thiophene rings is 1. The maximum atomic E-state index is 12.9. The molecule has 0 unspecified atom stereocenters. The molecule has 4 aromatic rings. The molecule has 3 aromatic heterocycles. The van der Waals surface area contributed by atoms with Gasteiger partial charge in [0.15, 0.2) is 6.10 Å². The van der Waals surface area contributed by atoms with Crippen molar-refractivity contribution in [3.8, 4) is 11.1 Å². The van der Waals surface area contributed by atoms with Crippen molar-refractivity contribution >= 4 is 38.8 Å². The van der Waals surface area contributed by atoms with Gasteiger partial charge in [-0.25, -0.2) is 4.79 Å². The molecule has 2 N–H and O–H groups in total. The fourth-order valence-electron chi connectivity index (χ4n) is 5.78. The molecule has 1 fully saturated rings. The van der Waals surface area contributed by atoms with Crippen LogP contribution in [0.15, 0.2) is 52.3 Å². The molecule has 0 bridgehead atoms. The zero-order chi connectivity index (χ0) is 28.9. The van der Waals surface area contributed by atoms with Crippen LogP contribution in [-0.2, 0) is 19.5 Å². The predicted molar refractivity (Wildman–Crippen MR) is 153 cm³/mol. The lowest BCUT2D eigenvalue weighted by Crippen LogP contribution is -2.43. The van der Waals surface area contributed by atoms with Crippen LogP contribution in [0.3, 0.4) is 0 Å². The average Bonchev–Trinajstić information content (AvgIpc) is 3.61. The van der Waals surface area contributed by atoms with Crippen molar-refractivity contribution in [1.82, 2.24) is 19.4 Å². The molecule has 216 valence electrons. The lowest BCUT2D eigenvalue weighted by atomic mass is 9.92. The molecule has 2 aliphatic heterocycles. The number of nitrogens with one attached hydrogen (secondary N) is 1. The van der Waals surface area contributed by atoms with Crippen molar-refractivity contribution in [2.45, 2.75) is 50.7 Å². The summed E-state index contributed by atoms with van der Waals surface area (Å²) >= 11 is 7.98. The number of aromatic nitrogens is 3. The zero-order valence-electron chi connectivity index (χ0n) is 21.8. The number of benzene rings is 1. The number of fused-ring (bicyclic) bond motifs is 2. The van der Waals surface area contributed by atoms with Gasteiger partial charge in [0, 0.05) is 64.3 Å². The van der Waals surface area contributed by atoms with E-state index in [0.717, 1.165) is 71.6 Å². The molecule has 5 heterocycles. The minimum Gasteiger partial charge on any atom is -0.382 e. The zero-order valence-corrected chi connectivity index (χ0v) is 23.4. The Hall–Kier alpha value is -3.19. The number of alkyl halides is 3.